The number of nitrogens with zero attached hydrogens (tertiary/aromatic N) is 7. The van der Waals surface area contributed by atoms with Crippen molar-refractivity contribution in [2.45, 2.75) is 33.7 Å². The molecule has 0 aliphatic carbocycles. The van der Waals surface area contributed by atoms with Crippen LogP contribution in [-0.2, 0) is 6.54 Å². The minimum atomic E-state index is 0.649. The number of hydrogen-bond acceptors (Lipinski definition) is 5. The van der Waals surface area contributed by atoms with Crippen LogP contribution >= 0.6 is 0 Å². The van der Waals surface area contributed by atoms with E-state index in [9.17, 15) is 0 Å². The Labute approximate surface area is 129 Å². The van der Waals surface area contributed by atoms with Gasteiger partial charge in [0.25, 0.3) is 5.78 Å². The Kier molecular flexibility index (Phi) is 3.79. The zero-order valence-electron chi connectivity index (χ0n) is 13.5. The molecule has 0 unspecified atom stereocenters. The minimum absolute atomic E-state index is 0.649. The Morgan fingerprint density at radius 3 is 2.73 bits per heavy atom. The maximum atomic E-state index is 4.46. The van der Waals surface area contributed by atoms with Crippen LogP contribution in [0.2, 0.25) is 0 Å². The van der Waals surface area contributed by atoms with E-state index in [0.717, 1.165) is 42.4 Å². The lowest BCUT2D eigenvalue weighted by Crippen LogP contribution is -2.24. The van der Waals surface area contributed by atoms with E-state index in [-0.39, 0.29) is 0 Å². The zero-order valence-corrected chi connectivity index (χ0v) is 13.5. The van der Waals surface area contributed by atoms with Gasteiger partial charge in [-0.2, -0.15) is 14.6 Å². The average Bonchev–Trinajstić information content (AvgIpc) is 3.09. The van der Waals surface area contributed by atoms with Gasteiger partial charge in [0.1, 0.15) is 18.0 Å². The number of aromatic nitrogens is 6. The quantitative estimate of drug-likeness (QED) is 0.718. The predicted molar refractivity (Wildman–Crippen MR) is 85.1 cm³/mol. The van der Waals surface area contributed by atoms with Crippen LogP contribution in [0.25, 0.3) is 5.78 Å². The molecular formula is C15H21N7. The molecule has 0 aromatic carbocycles. The Morgan fingerprint density at radius 2 is 2.00 bits per heavy atom. The van der Waals surface area contributed by atoms with Gasteiger partial charge in [0, 0.05) is 43.8 Å². The van der Waals surface area contributed by atoms with Crippen LogP contribution in [0, 0.1) is 20.8 Å². The molecule has 3 aromatic rings. The topological polar surface area (TPSA) is 64.1 Å². The molecule has 0 aliphatic rings. The van der Waals surface area contributed by atoms with Crippen LogP contribution in [0.15, 0.2) is 18.7 Å². The first-order valence-electron chi connectivity index (χ1n) is 7.43. The summed E-state index contributed by atoms with van der Waals surface area (Å²) in [4.78, 5) is 15.1. The Balaban J connectivity index is 1.77. The van der Waals surface area contributed by atoms with Crippen molar-refractivity contribution in [3.05, 3.63) is 35.8 Å². The second-order valence-electron chi connectivity index (χ2n) is 5.56. The van der Waals surface area contributed by atoms with Gasteiger partial charge in [0.15, 0.2) is 0 Å². The Hall–Kier alpha value is -2.44. The molecule has 0 atom stereocenters. The molecule has 0 aliphatic heterocycles. The molecule has 7 nitrogen and oxygen atoms in total. The maximum Gasteiger partial charge on any atom is 0.254 e. The summed E-state index contributed by atoms with van der Waals surface area (Å²) in [6.45, 7) is 8.00. The van der Waals surface area contributed by atoms with Crippen LogP contribution < -0.4 is 4.90 Å². The van der Waals surface area contributed by atoms with Crippen molar-refractivity contribution < 1.29 is 0 Å². The molecule has 0 spiro atoms. The van der Waals surface area contributed by atoms with Crippen molar-refractivity contribution in [1.82, 2.24) is 29.1 Å². The summed E-state index contributed by atoms with van der Waals surface area (Å²) in [6, 6.07) is 0. The number of imidazole rings is 1. The van der Waals surface area contributed by atoms with E-state index in [0.29, 0.717) is 5.78 Å². The summed E-state index contributed by atoms with van der Waals surface area (Å²) >= 11 is 0. The lowest BCUT2D eigenvalue weighted by atomic mass is 10.2. The molecule has 0 amide bonds. The second-order valence-corrected chi connectivity index (χ2v) is 5.56. The van der Waals surface area contributed by atoms with E-state index in [4.69, 9.17) is 0 Å². The summed E-state index contributed by atoms with van der Waals surface area (Å²) in [6.07, 6.45) is 6.44. The van der Waals surface area contributed by atoms with E-state index in [1.54, 1.807) is 6.33 Å². The third-order valence-electron chi connectivity index (χ3n) is 4.05. The number of aryl methyl sites for hydroxylation is 3. The SMILES string of the molecule is Cc1nc2ncnn2c(N(C)CCCn2ccnc2C)c1C. The third kappa shape index (κ3) is 2.54. The number of anilines is 1. The summed E-state index contributed by atoms with van der Waals surface area (Å²) in [5.41, 5.74) is 2.13. The molecule has 116 valence electrons. The number of hydrogen-bond donors (Lipinski definition) is 0. The first kappa shape index (κ1) is 14.5. The molecule has 0 bridgehead atoms. The summed E-state index contributed by atoms with van der Waals surface area (Å²) in [5, 5.41) is 4.30. The van der Waals surface area contributed by atoms with Crippen LogP contribution in [0.3, 0.4) is 0 Å². The van der Waals surface area contributed by atoms with E-state index >= 15 is 0 Å². The van der Waals surface area contributed by atoms with E-state index in [1.807, 2.05) is 30.8 Å². The Morgan fingerprint density at radius 1 is 1.18 bits per heavy atom. The van der Waals surface area contributed by atoms with Gasteiger partial charge in [0.2, 0.25) is 0 Å². The summed E-state index contributed by atoms with van der Waals surface area (Å²) in [7, 11) is 2.09. The number of fused-ring (bicyclic) bond motifs is 1. The monoisotopic (exact) mass is 299 g/mol. The molecule has 3 heterocycles. The van der Waals surface area contributed by atoms with Crippen molar-refractivity contribution in [2.24, 2.45) is 0 Å². The highest BCUT2D eigenvalue weighted by molar-refractivity contribution is 5.53. The van der Waals surface area contributed by atoms with Crippen LogP contribution in [0.5, 0.6) is 0 Å². The van der Waals surface area contributed by atoms with Crippen LogP contribution in [-0.4, -0.2) is 42.7 Å². The summed E-state index contributed by atoms with van der Waals surface area (Å²) in [5.74, 6) is 2.76. The van der Waals surface area contributed by atoms with Crippen LogP contribution in [0.1, 0.15) is 23.5 Å². The molecule has 0 N–H and O–H groups in total. The van der Waals surface area contributed by atoms with Crippen LogP contribution in [0.4, 0.5) is 5.82 Å². The molecule has 3 aromatic heterocycles. The highest BCUT2D eigenvalue weighted by Gasteiger charge is 2.14. The first-order valence-corrected chi connectivity index (χ1v) is 7.43. The van der Waals surface area contributed by atoms with Gasteiger partial charge < -0.3 is 9.47 Å². The molecule has 0 fully saturated rings. The van der Waals surface area contributed by atoms with E-state index < -0.39 is 0 Å². The average molecular weight is 299 g/mol. The van der Waals surface area contributed by atoms with Crippen molar-refractivity contribution in [3.63, 3.8) is 0 Å². The fourth-order valence-corrected chi connectivity index (χ4v) is 2.69. The zero-order chi connectivity index (χ0) is 15.7. The van der Waals surface area contributed by atoms with Gasteiger partial charge in [-0.3, -0.25) is 0 Å². The maximum absolute atomic E-state index is 4.46. The smallest absolute Gasteiger partial charge is 0.254 e. The van der Waals surface area contributed by atoms with E-state index in [1.165, 1.54) is 0 Å². The first-order chi connectivity index (χ1) is 10.6. The predicted octanol–water partition coefficient (Wildman–Crippen LogP) is 1.77. The highest BCUT2D eigenvalue weighted by atomic mass is 15.4. The summed E-state index contributed by atoms with van der Waals surface area (Å²) < 4.78 is 3.98. The molecule has 7 heteroatoms. The lowest BCUT2D eigenvalue weighted by molar-refractivity contribution is 0.618. The Bertz CT molecular complexity index is 786. The van der Waals surface area contributed by atoms with Crippen molar-refractivity contribution in [1.29, 1.82) is 0 Å². The molecule has 0 radical (unpaired) electrons. The van der Waals surface area contributed by atoms with Crippen molar-refractivity contribution in [2.75, 3.05) is 18.5 Å². The molecule has 22 heavy (non-hydrogen) atoms. The molecule has 0 saturated carbocycles. The number of rotatable bonds is 5. The van der Waals surface area contributed by atoms with Crippen molar-refractivity contribution >= 4 is 11.6 Å². The fraction of sp³-hybridized carbons (Fsp3) is 0.467. The largest absolute Gasteiger partial charge is 0.359 e. The minimum Gasteiger partial charge on any atom is -0.359 e. The lowest BCUT2D eigenvalue weighted by Gasteiger charge is -2.22. The van der Waals surface area contributed by atoms with E-state index in [2.05, 4.69) is 43.5 Å². The van der Waals surface area contributed by atoms with Gasteiger partial charge in [-0.1, -0.05) is 0 Å². The van der Waals surface area contributed by atoms with Gasteiger partial charge in [0.05, 0.1) is 0 Å². The molecule has 3 rings (SSSR count). The van der Waals surface area contributed by atoms with Gasteiger partial charge >= 0.3 is 0 Å². The van der Waals surface area contributed by atoms with Gasteiger partial charge in [-0.25, -0.2) is 9.97 Å². The molecule has 0 saturated heterocycles. The second kappa shape index (κ2) is 5.75. The van der Waals surface area contributed by atoms with Gasteiger partial charge in [-0.15, -0.1) is 0 Å². The fourth-order valence-electron chi connectivity index (χ4n) is 2.69. The normalized spacial score (nSPS) is 11.3. The highest BCUT2D eigenvalue weighted by Crippen LogP contribution is 2.21. The van der Waals surface area contributed by atoms with Gasteiger partial charge in [-0.05, 0) is 27.2 Å². The standard InChI is InChI=1S/C15H21N7/c1-11-12(2)19-15-17-10-18-22(15)14(11)20(4)7-5-8-21-9-6-16-13(21)3/h6,9-10H,5,7-8H2,1-4H3. The third-order valence-corrected chi connectivity index (χ3v) is 4.05. The van der Waals surface area contributed by atoms with Crippen molar-refractivity contribution in [3.8, 4) is 0 Å². The molecular weight excluding hydrogens is 278 g/mol.